The zero-order valence-electron chi connectivity index (χ0n) is 33.9. The number of carbonyl (C=O) groups excluding carboxylic acids is 2. The molecule has 25 nitrogen and oxygen atoms in total. The fourth-order valence-electron chi connectivity index (χ4n) is 7.19. The van der Waals surface area contributed by atoms with E-state index in [9.17, 15) is 18.7 Å². The van der Waals surface area contributed by atoms with Gasteiger partial charge in [-0.3, -0.25) is 32.3 Å². The van der Waals surface area contributed by atoms with Crippen LogP contribution in [-0.4, -0.2) is 114 Å². The van der Waals surface area contributed by atoms with Crippen LogP contribution in [0, 0.1) is 0 Å². The van der Waals surface area contributed by atoms with Crippen LogP contribution in [0.2, 0.25) is 0 Å². The minimum absolute atomic E-state index is 0.0287. The van der Waals surface area contributed by atoms with Crippen LogP contribution in [0.1, 0.15) is 43.7 Å². The highest BCUT2D eigenvalue weighted by Crippen LogP contribution is 2.64. The fourth-order valence-corrected chi connectivity index (χ4v) is 11.4. The highest BCUT2D eigenvalue weighted by molar-refractivity contribution is 8.54. The first-order valence-corrected chi connectivity index (χ1v) is 24.3. The molecule has 346 valence electrons. The third-order valence-corrected chi connectivity index (χ3v) is 14.9. The highest BCUT2D eigenvalue weighted by atomic mass is 32.7. The number of anilines is 3. The maximum Gasteiger partial charge on any atom is 0.389 e. The number of carbonyl (C=O) groups is 2. The molecule has 0 aliphatic carbocycles. The number of halogens is 2. The van der Waals surface area contributed by atoms with Gasteiger partial charge in [-0.1, -0.05) is 23.7 Å². The van der Waals surface area contributed by atoms with Crippen LogP contribution in [0.4, 0.5) is 26.1 Å². The molecule has 0 bridgehead atoms. The zero-order chi connectivity index (χ0) is 45.7. The number of ether oxygens (including phenoxy) is 2. The Morgan fingerprint density at radius 2 is 1.52 bits per heavy atom. The summed E-state index contributed by atoms with van der Waals surface area (Å²) in [6, 6.07) is 6.43. The molecule has 3 fully saturated rings. The lowest BCUT2D eigenvalue weighted by Crippen LogP contribution is -2.36. The summed E-state index contributed by atoms with van der Waals surface area (Å²) in [5.74, 6) is -0.758. The number of unbranched alkanes of at least 4 members (excludes halogenated alkanes) is 2. The van der Waals surface area contributed by atoms with E-state index in [1.807, 2.05) is 0 Å². The van der Waals surface area contributed by atoms with Gasteiger partial charge >= 0.3 is 15.1 Å². The van der Waals surface area contributed by atoms with Crippen molar-refractivity contribution in [3.8, 4) is 0 Å². The molecule has 65 heavy (non-hydrogen) atoms. The zero-order valence-corrected chi connectivity index (χ0v) is 36.6. The van der Waals surface area contributed by atoms with E-state index in [1.54, 1.807) is 24.3 Å². The van der Waals surface area contributed by atoms with Crippen molar-refractivity contribution in [3.05, 3.63) is 65.6 Å². The second kappa shape index (κ2) is 20.4. The number of rotatable bonds is 14. The molecule has 5 aromatic rings. The van der Waals surface area contributed by atoms with Crippen molar-refractivity contribution in [2.24, 2.45) is 5.11 Å². The van der Waals surface area contributed by atoms with Crippen LogP contribution in [0.3, 0.4) is 0 Å². The van der Waals surface area contributed by atoms with Crippen LogP contribution in [0.5, 0.6) is 0 Å². The van der Waals surface area contributed by atoms with Gasteiger partial charge in [0, 0.05) is 29.3 Å². The molecular formula is C35H41F2N15O10P2S. The highest BCUT2D eigenvalue weighted by Gasteiger charge is 2.54. The van der Waals surface area contributed by atoms with Gasteiger partial charge in [0.05, 0.1) is 32.4 Å². The van der Waals surface area contributed by atoms with Crippen molar-refractivity contribution in [1.29, 1.82) is 0 Å². The molecule has 4 aromatic heterocycles. The minimum atomic E-state index is -4.52. The molecular weight excluding hydrogens is 922 g/mol. The number of alkyl halides is 2. The number of hydrogen-bond acceptors (Lipinski definition) is 20. The van der Waals surface area contributed by atoms with E-state index in [0.717, 1.165) is 12.7 Å². The molecule has 8 rings (SSSR count). The maximum absolute atomic E-state index is 16.7. The van der Waals surface area contributed by atoms with Gasteiger partial charge in [0.2, 0.25) is 11.8 Å². The number of imidazole rings is 2. The molecule has 6 N–H and O–H groups in total. The summed E-state index contributed by atoms with van der Waals surface area (Å²) in [6.45, 7) is -5.71. The first-order chi connectivity index (χ1) is 31.4. The second-order valence-corrected chi connectivity index (χ2v) is 19.8. The fraction of sp³-hybridized carbons (Fsp3) is 0.486. The van der Waals surface area contributed by atoms with Gasteiger partial charge in [0.25, 0.3) is 0 Å². The van der Waals surface area contributed by atoms with Crippen molar-refractivity contribution < 1.29 is 55.1 Å². The summed E-state index contributed by atoms with van der Waals surface area (Å²) in [5, 5.41) is 8.69. The molecule has 1 unspecified atom stereocenters. The van der Waals surface area contributed by atoms with Gasteiger partial charge in [-0.2, -0.15) is 0 Å². The number of nitrogen functional groups attached to an aromatic ring is 2. The average molecular weight is 964 g/mol. The summed E-state index contributed by atoms with van der Waals surface area (Å²) >= 11 is 0.682. The third-order valence-electron chi connectivity index (χ3n) is 10.4. The van der Waals surface area contributed by atoms with E-state index in [2.05, 4.69) is 50.6 Å². The summed E-state index contributed by atoms with van der Waals surface area (Å²) < 4.78 is 99.1. The molecule has 3 aliphatic heterocycles. The average Bonchev–Trinajstić information content (AvgIpc) is 4.07. The van der Waals surface area contributed by atoms with E-state index in [4.69, 9.17) is 44.6 Å². The van der Waals surface area contributed by atoms with E-state index in [1.165, 1.54) is 21.8 Å². The monoisotopic (exact) mass is 963 g/mol. The lowest BCUT2D eigenvalue weighted by molar-refractivity contribution is -0.124. The number of benzene rings is 1. The molecule has 10 atom stereocenters. The Balaban J connectivity index is 0.981. The van der Waals surface area contributed by atoms with Gasteiger partial charge in [-0.05, 0) is 47.5 Å². The standard InChI is InChI=1S/C35H41F2N15O10P2S/c36-24-28-21(60-34(24)51-16-46-26-30(38)42-14-44-32(26)51)12-58-64(56,65-13-18-5-7-19(8-6-18)49-23(54)10-41-22(53)4-2-1-3-9-48-50-40)62-29-20(11-57-63(55)61-28)59-35(25(29)37)52-17-47-27-31(39)43-15-45-33(27)52/h5-8,14-17,20-21,24-25,28-29,34-35,63H,1-4,9-13H2,(H,41,53)(H,49,54)(H2,38,42,44)(H2,39,43,45)/t20-,21-,24-,25-,28-,29-,34-,35-,64+/m1/s1. The number of nitrogens with one attached hydrogen (secondary N) is 2. The first-order valence-electron chi connectivity index (χ1n) is 19.9. The third kappa shape index (κ3) is 10.5. The van der Waals surface area contributed by atoms with Crippen molar-refractivity contribution in [3.63, 3.8) is 0 Å². The minimum Gasteiger partial charge on any atom is -0.382 e. The van der Waals surface area contributed by atoms with Crippen molar-refractivity contribution in [2.75, 3.05) is 43.1 Å². The number of fused-ring (bicyclic) bond motifs is 4. The Hall–Kier alpha value is -5.40. The molecule has 3 aliphatic rings. The number of amides is 2. The van der Waals surface area contributed by atoms with Crippen LogP contribution in [0.15, 0.2) is 54.7 Å². The Morgan fingerprint density at radius 1 is 0.892 bits per heavy atom. The SMILES string of the molecule is [N-]=[N+]=NCCCCCC(=O)NCC(=O)Nc1ccc(CS[P@@]2(=O)OC[C@H]3O[C@@H](n4cnc5c(N)ncnc54)[C@H](F)[C@@H]3O[PH](=O)OC[C@H]3O[C@@H](n4cnc5c(N)ncnc54)[C@H](F)[C@@H]3O2)cc1. The van der Waals surface area contributed by atoms with Crippen LogP contribution >= 0.6 is 26.4 Å². The Labute approximate surface area is 370 Å². The normalized spacial score (nSPS) is 28.1. The van der Waals surface area contributed by atoms with Crippen molar-refractivity contribution >= 4 is 77.9 Å². The smallest absolute Gasteiger partial charge is 0.382 e. The largest absolute Gasteiger partial charge is 0.389 e. The molecule has 2 amide bonds. The van der Waals surface area contributed by atoms with Crippen LogP contribution in [-0.2, 0) is 52.0 Å². The van der Waals surface area contributed by atoms with E-state index in [0.29, 0.717) is 48.4 Å². The van der Waals surface area contributed by atoms with Gasteiger partial charge in [-0.15, -0.1) is 0 Å². The van der Waals surface area contributed by atoms with Crippen molar-refractivity contribution in [1.82, 2.24) is 44.4 Å². The molecule has 0 saturated carbocycles. The summed E-state index contributed by atoms with van der Waals surface area (Å²) in [5.41, 5.74) is 21.8. The number of nitrogens with two attached hydrogens (primary N) is 2. The van der Waals surface area contributed by atoms with Crippen molar-refractivity contribution in [2.45, 2.75) is 80.7 Å². The Bertz CT molecular complexity index is 2650. The summed E-state index contributed by atoms with van der Waals surface area (Å²) in [6.07, 6.45) is -6.17. The lowest BCUT2D eigenvalue weighted by atomic mass is 10.1. The summed E-state index contributed by atoms with van der Waals surface area (Å²) in [4.78, 5) is 51.9. The molecule has 30 heteroatoms. The lowest BCUT2D eigenvalue weighted by Gasteiger charge is -2.28. The molecule has 1 aromatic carbocycles. The van der Waals surface area contributed by atoms with Gasteiger partial charge in [0.1, 0.15) is 48.1 Å². The van der Waals surface area contributed by atoms with Crippen LogP contribution < -0.4 is 22.1 Å². The quantitative estimate of drug-likeness (QED) is 0.0392. The predicted octanol–water partition coefficient (Wildman–Crippen LogP) is 4.48. The number of hydrogen-bond donors (Lipinski definition) is 4. The predicted molar refractivity (Wildman–Crippen MR) is 227 cm³/mol. The van der Waals surface area contributed by atoms with Gasteiger partial charge < -0.3 is 40.6 Å². The summed E-state index contributed by atoms with van der Waals surface area (Å²) in [7, 11) is -3.55. The molecule has 0 spiro atoms. The Kier molecular flexibility index (Phi) is 14.5. The molecule has 0 radical (unpaired) electrons. The maximum atomic E-state index is 16.7. The molecule has 7 heterocycles. The number of nitrogens with zero attached hydrogens (tertiary/aromatic N) is 11. The van der Waals surface area contributed by atoms with E-state index >= 15 is 8.78 Å². The topological polar surface area (TPSA) is 336 Å². The second-order valence-electron chi connectivity index (χ2n) is 14.7. The van der Waals surface area contributed by atoms with E-state index < -0.39 is 83.4 Å². The number of aromatic nitrogens is 8. The van der Waals surface area contributed by atoms with Gasteiger partial charge in [0.15, 0.2) is 47.7 Å². The first kappa shape index (κ1) is 46.1. The van der Waals surface area contributed by atoms with E-state index in [-0.39, 0.29) is 58.6 Å². The Morgan fingerprint density at radius 3 is 2.17 bits per heavy atom. The van der Waals surface area contributed by atoms with Crippen LogP contribution in [0.25, 0.3) is 32.8 Å². The van der Waals surface area contributed by atoms with Gasteiger partial charge in [-0.25, -0.2) is 43.2 Å². The number of azide groups is 1. The molecule has 3 saturated heterocycles.